The van der Waals surface area contributed by atoms with Crippen LogP contribution in [0.5, 0.6) is 23.0 Å². The zero-order valence-electron chi connectivity index (χ0n) is 14.9. The molecule has 28 heavy (non-hydrogen) atoms. The van der Waals surface area contributed by atoms with Crippen molar-refractivity contribution in [3.8, 4) is 23.0 Å². The van der Waals surface area contributed by atoms with Gasteiger partial charge in [-0.2, -0.15) is 5.10 Å². The molecule has 0 bridgehead atoms. The van der Waals surface area contributed by atoms with Crippen molar-refractivity contribution >= 4 is 17.8 Å². The number of carbonyl (C=O) groups excluding carboxylic acids is 1. The highest BCUT2D eigenvalue weighted by Crippen LogP contribution is 2.36. The number of fused-ring (bicyclic) bond motifs is 1. The number of ether oxygens (including phenoxy) is 3. The summed E-state index contributed by atoms with van der Waals surface area (Å²) in [4.78, 5) is 22.3. The fraction of sp³-hybridized carbons (Fsp3) is 0.222. The number of aromatic hydroxyl groups is 1. The van der Waals surface area contributed by atoms with Crippen molar-refractivity contribution < 1.29 is 29.0 Å². The molecule has 1 aliphatic heterocycles. The van der Waals surface area contributed by atoms with Crippen LogP contribution in [0.1, 0.15) is 11.1 Å². The molecule has 2 aromatic rings. The van der Waals surface area contributed by atoms with E-state index >= 15 is 0 Å². The fourth-order valence-corrected chi connectivity index (χ4v) is 2.58. The van der Waals surface area contributed by atoms with Gasteiger partial charge in [-0.1, -0.05) is 6.07 Å². The molecule has 10 nitrogen and oxygen atoms in total. The lowest BCUT2D eigenvalue weighted by molar-refractivity contribution is -0.386. The second-order valence-corrected chi connectivity index (χ2v) is 5.80. The number of hydrogen-bond donors (Lipinski definition) is 2. The summed E-state index contributed by atoms with van der Waals surface area (Å²) in [6.45, 7) is 0.941. The molecule has 146 valence electrons. The molecule has 1 amide bonds. The fourth-order valence-electron chi connectivity index (χ4n) is 2.58. The van der Waals surface area contributed by atoms with Gasteiger partial charge in [-0.25, -0.2) is 5.43 Å². The van der Waals surface area contributed by atoms with E-state index in [0.29, 0.717) is 24.7 Å². The number of nitrogens with zero attached hydrogens (tertiary/aromatic N) is 2. The van der Waals surface area contributed by atoms with Gasteiger partial charge in [0.15, 0.2) is 17.2 Å². The van der Waals surface area contributed by atoms with Crippen LogP contribution in [0, 0.1) is 10.1 Å². The highest BCUT2D eigenvalue weighted by molar-refractivity contribution is 5.85. The van der Waals surface area contributed by atoms with Crippen molar-refractivity contribution in [2.45, 2.75) is 6.42 Å². The molecule has 0 fully saturated rings. The minimum absolute atomic E-state index is 0.0625. The van der Waals surface area contributed by atoms with E-state index in [1.165, 1.54) is 19.4 Å². The first-order valence-electron chi connectivity index (χ1n) is 8.23. The summed E-state index contributed by atoms with van der Waals surface area (Å²) in [5.74, 6) is 0.193. The molecule has 0 saturated carbocycles. The Labute approximate surface area is 159 Å². The average Bonchev–Trinajstić information content (AvgIpc) is 2.68. The van der Waals surface area contributed by atoms with Crippen LogP contribution < -0.4 is 19.6 Å². The minimum atomic E-state index is -0.740. The summed E-state index contributed by atoms with van der Waals surface area (Å²) in [5.41, 5.74) is 2.82. The lowest BCUT2D eigenvalue weighted by atomic mass is 10.1. The van der Waals surface area contributed by atoms with Gasteiger partial charge in [0.1, 0.15) is 13.2 Å². The Morgan fingerprint density at radius 1 is 1.32 bits per heavy atom. The Kier molecular flexibility index (Phi) is 5.58. The van der Waals surface area contributed by atoms with Crippen LogP contribution in [0.3, 0.4) is 0 Å². The maximum Gasteiger partial charge on any atom is 0.315 e. The van der Waals surface area contributed by atoms with E-state index in [9.17, 15) is 20.0 Å². The van der Waals surface area contributed by atoms with E-state index in [0.717, 1.165) is 11.6 Å². The van der Waals surface area contributed by atoms with Gasteiger partial charge in [-0.15, -0.1) is 0 Å². The highest BCUT2D eigenvalue weighted by Gasteiger charge is 2.19. The van der Waals surface area contributed by atoms with Gasteiger partial charge in [0.25, 0.3) is 0 Å². The number of phenolic OH excluding ortho intramolecular Hbond substituents is 1. The number of amides is 1. The SMILES string of the molecule is COc1cc(/C=N/NC(=O)Cc2ccc3c(c2)OCCO3)cc([N+](=O)[O-])c1O. The molecule has 0 aliphatic carbocycles. The molecule has 0 atom stereocenters. The van der Waals surface area contributed by atoms with E-state index in [4.69, 9.17) is 14.2 Å². The largest absolute Gasteiger partial charge is 0.500 e. The van der Waals surface area contributed by atoms with Gasteiger partial charge in [0.2, 0.25) is 11.7 Å². The number of benzene rings is 2. The molecule has 10 heteroatoms. The van der Waals surface area contributed by atoms with Gasteiger partial charge in [-0.05, 0) is 23.8 Å². The van der Waals surface area contributed by atoms with Crippen LogP contribution in [-0.4, -0.2) is 42.5 Å². The molecule has 1 heterocycles. The summed E-state index contributed by atoms with van der Waals surface area (Å²) in [6.07, 6.45) is 1.28. The molecule has 2 N–H and O–H groups in total. The normalized spacial score (nSPS) is 12.6. The van der Waals surface area contributed by atoms with Crippen molar-refractivity contribution in [2.24, 2.45) is 5.10 Å². The topological polar surface area (TPSA) is 133 Å². The number of rotatable bonds is 6. The average molecular weight is 387 g/mol. The predicted octanol–water partition coefficient (Wildman–Crippen LogP) is 1.77. The third-order valence-corrected chi connectivity index (χ3v) is 3.87. The smallest absolute Gasteiger partial charge is 0.315 e. The number of nitro groups is 1. The Morgan fingerprint density at radius 3 is 2.79 bits per heavy atom. The number of nitrogens with one attached hydrogen (secondary N) is 1. The standard InChI is InChI=1S/C18H17N3O7/c1-26-16-8-12(6-13(18(16)23)21(24)25)10-19-20-17(22)9-11-2-3-14-15(7-11)28-5-4-27-14/h2-3,6-8,10,23H,4-5,9H2,1H3,(H,20,22)/b19-10+. The zero-order valence-corrected chi connectivity index (χ0v) is 14.9. The Morgan fingerprint density at radius 2 is 2.07 bits per heavy atom. The van der Waals surface area contributed by atoms with E-state index in [2.05, 4.69) is 10.5 Å². The van der Waals surface area contributed by atoms with Crippen LogP contribution in [0.2, 0.25) is 0 Å². The van der Waals surface area contributed by atoms with Crippen molar-refractivity contribution in [1.29, 1.82) is 0 Å². The summed E-state index contributed by atoms with van der Waals surface area (Å²) < 4.78 is 15.8. The Hall–Kier alpha value is -3.82. The first-order chi connectivity index (χ1) is 13.5. The molecular formula is C18H17N3O7. The maximum absolute atomic E-state index is 12.1. The predicted molar refractivity (Wildman–Crippen MR) is 98.2 cm³/mol. The molecule has 0 saturated heterocycles. The number of phenols is 1. The number of methoxy groups -OCH3 is 1. The van der Waals surface area contributed by atoms with Crippen molar-refractivity contribution in [1.82, 2.24) is 5.43 Å². The number of carbonyl (C=O) groups is 1. The van der Waals surface area contributed by atoms with E-state index < -0.39 is 16.4 Å². The number of hydrazone groups is 1. The van der Waals surface area contributed by atoms with Crippen molar-refractivity contribution in [3.05, 3.63) is 51.6 Å². The molecule has 0 aromatic heterocycles. The Bertz CT molecular complexity index is 943. The summed E-state index contributed by atoms with van der Waals surface area (Å²) in [7, 11) is 1.27. The van der Waals surface area contributed by atoms with Crippen LogP contribution in [-0.2, 0) is 11.2 Å². The third kappa shape index (κ3) is 4.29. The number of hydrogen-bond acceptors (Lipinski definition) is 8. The Balaban J connectivity index is 1.65. The molecular weight excluding hydrogens is 370 g/mol. The van der Waals surface area contributed by atoms with E-state index in [1.54, 1.807) is 18.2 Å². The van der Waals surface area contributed by atoms with Gasteiger partial charge in [0.05, 0.1) is 24.7 Å². The monoisotopic (exact) mass is 387 g/mol. The van der Waals surface area contributed by atoms with E-state index in [-0.39, 0.29) is 23.6 Å². The number of nitro benzene ring substituents is 1. The van der Waals surface area contributed by atoms with Crippen LogP contribution in [0.15, 0.2) is 35.4 Å². The van der Waals surface area contributed by atoms with E-state index in [1.807, 2.05) is 0 Å². The first kappa shape index (κ1) is 19.0. The summed E-state index contributed by atoms with van der Waals surface area (Å²) in [5, 5.41) is 24.5. The van der Waals surface area contributed by atoms with Gasteiger partial charge >= 0.3 is 5.69 Å². The molecule has 0 unspecified atom stereocenters. The highest BCUT2D eigenvalue weighted by atomic mass is 16.6. The second-order valence-electron chi connectivity index (χ2n) is 5.80. The molecule has 0 spiro atoms. The molecule has 1 aliphatic rings. The quantitative estimate of drug-likeness (QED) is 0.438. The van der Waals surface area contributed by atoms with Crippen molar-refractivity contribution in [2.75, 3.05) is 20.3 Å². The molecule has 0 radical (unpaired) electrons. The molecule has 3 rings (SSSR count). The molecule has 2 aromatic carbocycles. The van der Waals surface area contributed by atoms with Gasteiger partial charge in [-0.3, -0.25) is 14.9 Å². The van der Waals surface area contributed by atoms with Crippen LogP contribution in [0.4, 0.5) is 5.69 Å². The van der Waals surface area contributed by atoms with Crippen molar-refractivity contribution in [3.63, 3.8) is 0 Å². The van der Waals surface area contributed by atoms with Gasteiger partial charge in [0, 0.05) is 11.6 Å². The maximum atomic E-state index is 12.1. The van der Waals surface area contributed by atoms with Crippen LogP contribution in [0.25, 0.3) is 0 Å². The van der Waals surface area contributed by atoms with Gasteiger partial charge < -0.3 is 19.3 Å². The summed E-state index contributed by atoms with van der Waals surface area (Å²) >= 11 is 0. The third-order valence-electron chi connectivity index (χ3n) is 3.87. The second kappa shape index (κ2) is 8.25. The first-order valence-corrected chi connectivity index (χ1v) is 8.23. The lowest BCUT2D eigenvalue weighted by Gasteiger charge is -2.18. The summed E-state index contributed by atoms with van der Waals surface area (Å²) in [6, 6.07) is 7.70. The zero-order chi connectivity index (χ0) is 20.1. The minimum Gasteiger partial charge on any atom is -0.500 e. The lowest BCUT2D eigenvalue weighted by Crippen LogP contribution is -2.20. The van der Waals surface area contributed by atoms with Crippen LogP contribution >= 0.6 is 0 Å².